The largest absolute Gasteiger partial charge is 0.346 e. The normalized spacial score (nSPS) is 12.3. The first-order valence-corrected chi connectivity index (χ1v) is 7.17. The van der Waals surface area contributed by atoms with E-state index in [4.69, 9.17) is 0 Å². The average molecular weight is 279 g/mol. The van der Waals surface area contributed by atoms with Gasteiger partial charge in [0.05, 0.1) is 6.04 Å². The van der Waals surface area contributed by atoms with E-state index in [9.17, 15) is 4.79 Å². The Bertz CT molecular complexity index is 644. The molecule has 1 unspecified atom stereocenters. The molecule has 1 amide bonds. The number of nitrogens with one attached hydrogen (secondary N) is 1. The highest BCUT2D eigenvalue weighted by molar-refractivity contribution is 5.91. The lowest BCUT2D eigenvalue weighted by Gasteiger charge is -2.16. The Morgan fingerprint density at radius 1 is 1.10 bits per heavy atom. The van der Waals surface area contributed by atoms with E-state index in [2.05, 4.69) is 37.4 Å². The van der Waals surface area contributed by atoms with E-state index < -0.39 is 0 Å². The zero-order valence-electron chi connectivity index (χ0n) is 12.8. The Balaban J connectivity index is 2.00. The van der Waals surface area contributed by atoms with Gasteiger partial charge >= 0.3 is 0 Å². The molecule has 2 aromatic carbocycles. The molecule has 0 bridgehead atoms. The van der Waals surface area contributed by atoms with Crippen molar-refractivity contribution < 1.29 is 4.79 Å². The van der Waals surface area contributed by atoms with Crippen molar-refractivity contribution in [2.45, 2.75) is 26.8 Å². The second-order valence-electron chi connectivity index (χ2n) is 5.33. The van der Waals surface area contributed by atoms with Crippen LogP contribution < -0.4 is 5.32 Å². The molecule has 1 N–H and O–H groups in total. The number of carbonyl (C=O) groups is 1. The number of rotatable bonds is 4. The maximum atomic E-state index is 12.0. The topological polar surface area (TPSA) is 29.1 Å². The number of aryl methyl sites for hydroxylation is 2. The maximum Gasteiger partial charge on any atom is 0.244 e. The van der Waals surface area contributed by atoms with Crippen LogP contribution in [0.2, 0.25) is 0 Å². The fourth-order valence-electron chi connectivity index (χ4n) is 2.39. The van der Waals surface area contributed by atoms with Gasteiger partial charge in [0.25, 0.3) is 0 Å². The van der Waals surface area contributed by atoms with Crippen LogP contribution in [-0.2, 0) is 4.79 Å². The minimum Gasteiger partial charge on any atom is -0.346 e. The molecule has 108 valence electrons. The highest BCUT2D eigenvalue weighted by Crippen LogP contribution is 2.18. The molecule has 0 saturated heterocycles. The fraction of sp³-hybridized carbons (Fsp3) is 0.211. The lowest BCUT2D eigenvalue weighted by atomic mass is 10.0. The Hall–Kier alpha value is -2.35. The van der Waals surface area contributed by atoms with Crippen LogP contribution in [0.15, 0.2) is 54.6 Å². The third-order valence-corrected chi connectivity index (χ3v) is 3.48. The van der Waals surface area contributed by atoms with Crippen LogP contribution in [0, 0.1) is 13.8 Å². The van der Waals surface area contributed by atoms with Gasteiger partial charge in [0.2, 0.25) is 5.91 Å². The summed E-state index contributed by atoms with van der Waals surface area (Å²) in [6.45, 7) is 6.15. The molecule has 2 heteroatoms. The molecule has 0 fully saturated rings. The van der Waals surface area contributed by atoms with Gasteiger partial charge in [0.1, 0.15) is 0 Å². The van der Waals surface area contributed by atoms with E-state index >= 15 is 0 Å². The van der Waals surface area contributed by atoms with Gasteiger partial charge in [-0.3, -0.25) is 4.79 Å². The SMILES string of the molecule is Cc1ccc(C(C)NC(=O)/C=C\c2ccccc2)c(C)c1. The lowest BCUT2D eigenvalue weighted by Crippen LogP contribution is -2.25. The summed E-state index contributed by atoms with van der Waals surface area (Å²) in [6, 6.07) is 16.1. The quantitative estimate of drug-likeness (QED) is 0.835. The van der Waals surface area contributed by atoms with Crippen LogP contribution in [0.5, 0.6) is 0 Å². The minimum absolute atomic E-state index is 0.00137. The predicted molar refractivity (Wildman–Crippen MR) is 87.9 cm³/mol. The Labute approximate surface area is 126 Å². The standard InChI is InChI=1S/C19H21NO/c1-14-9-11-18(15(2)13-14)16(3)20-19(21)12-10-17-7-5-4-6-8-17/h4-13,16H,1-3H3,(H,20,21)/b12-10-. The minimum atomic E-state index is -0.0775. The summed E-state index contributed by atoms with van der Waals surface area (Å²) in [4.78, 5) is 12.0. The molecule has 0 radical (unpaired) electrons. The summed E-state index contributed by atoms with van der Waals surface area (Å²) in [5.74, 6) is -0.0775. The molecule has 0 aliphatic carbocycles. The van der Waals surface area contributed by atoms with Gasteiger partial charge in [-0.25, -0.2) is 0 Å². The van der Waals surface area contributed by atoms with Gasteiger partial charge in [0.15, 0.2) is 0 Å². The molecule has 2 aromatic rings. The van der Waals surface area contributed by atoms with E-state index in [1.165, 1.54) is 11.1 Å². The molecule has 0 aliphatic rings. The number of carbonyl (C=O) groups excluding carboxylic acids is 1. The van der Waals surface area contributed by atoms with Crippen molar-refractivity contribution in [3.63, 3.8) is 0 Å². The van der Waals surface area contributed by atoms with Gasteiger partial charge in [-0.1, -0.05) is 54.1 Å². The zero-order chi connectivity index (χ0) is 15.2. The molecule has 0 heterocycles. The van der Waals surface area contributed by atoms with Crippen LogP contribution in [0.25, 0.3) is 6.08 Å². The second-order valence-corrected chi connectivity index (χ2v) is 5.33. The molecule has 21 heavy (non-hydrogen) atoms. The summed E-state index contributed by atoms with van der Waals surface area (Å²) >= 11 is 0. The number of hydrogen-bond acceptors (Lipinski definition) is 1. The van der Waals surface area contributed by atoms with Crippen molar-refractivity contribution in [1.29, 1.82) is 0 Å². The third-order valence-electron chi connectivity index (χ3n) is 3.48. The van der Waals surface area contributed by atoms with Gasteiger partial charge in [-0.2, -0.15) is 0 Å². The molecule has 2 rings (SSSR count). The van der Waals surface area contributed by atoms with E-state index in [0.29, 0.717) is 0 Å². The van der Waals surface area contributed by atoms with Crippen molar-refractivity contribution in [2.24, 2.45) is 0 Å². The number of benzene rings is 2. The first-order chi connectivity index (χ1) is 10.1. The molecule has 0 aliphatic heterocycles. The first kappa shape index (κ1) is 15.0. The Kier molecular flexibility index (Phi) is 4.94. The molecular formula is C19H21NO. The fourth-order valence-corrected chi connectivity index (χ4v) is 2.39. The summed E-state index contributed by atoms with van der Waals surface area (Å²) < 4.78 is 0. The van der Waals surface area contributed by atoms with Gasteiger partial charge in [-0.05, 0) is 43.5 Å². The van der Waals surface area contributed by atoms with Crippen LogP contribution in [0.3, 0.4) is 0 Å². The third kappa shape index (κ3) is 4.32. The Morgan fingerprint density at radius 2 is 1.81 bits per heavy atom. The number of amides is 1. The molecule has 0 spiro atoms. The monoisotopic (exact) mass is 279 g/mol. The van der Waals surface area contributed by atoms with E-state index in [1.807, 2.05) is 43.3 Å². The van der Waals surface area contributed by atoms with Crippen molar-refractivity contribution in [2.75, 3.05) is 0 Å². The zero-order valence-corrected chi connectivity index (χ0v) is 12.8. The highest BCUT2D eigenvalue weighted by atomic mass is 16.1. The van der Waals surface area contributed by atoms with E-state index in [-0.39, 0.29) is 11.9 Å². The van der Waals surface area contributed by atoms with Gasteiger partial charge < -0.3 is 5.32 Å². The van der Waals surface area contributed by atoms with E-state index in [1.54, 1.807) is 6.08 Å². The van der Waals surface area contributed by atoms with Crippen LogP contribution >= 0.6 is 0 Å². The maximum absolute atomic E-state index is 12.0. The molecule has 2 nitrogen and oxygen atoms in total. The number of hydrogen-bond donors (Lipinski definition) is 1. The summed E-state index contributed by atoms with van der Waals surface area (Å²) in [7, 11) is 0. The first-order valence-electron chi connectivity index (χ1n) is 7.17. The summed E-state index contributed by atoms with van der Waals surface area (Å²) in [6.07, 6.45) is 3.40. The van der Waals surface area contributed by atoms with Crippen molar-refractivity contribution in [1.82, 2.24) is 5.32 Å². The van der Waals surface area contributed by atoms with Crippen LogP contribution in [-0.4, -0.2) is 5.91 Å². The summed E-state index contributed by atoms with van der Waals surface area (Å²) in [5, 5.41) is 3.00. The van der Waals surface area contributed by atoms with Crippen molar-refractivity contribution in [3.8, 4) is 0 Å². The molecule has 0 aromatic heterocycles. The van der Waals surface area contributed by atoms with Crippen LogP contribution in [0.4, 0.5) is 0 Å². The average Bonchev–Trinajstić information content (AvgIpc) is 2.46. The second kappa shape index (κ2) is 6.89. The van der Waals surface area contributed by atoms with Crippen molar-refractivity contribution >= 4 is 12.0 Å². The van der Waals surface area contributed by atoms with Gasteiger partial charge in [-0.15, -0.1) is 0 Å². The Morgan fingerprint density at radius 3 is 2.48 bits per heavy atom. The molecule has 0 saturated carbocycles. The van der Waals surface area contributed by atoms with Gasteiger partial charge in [0, 0.05) is 6.08 Å². The summed E-state index contributed by atoms with van der Waals surface area (Å²) in [5.41, 5.74) is 4.61. The van der Waals surface area contributed by atoms with Crippen LogP contribution in [0.1, 0.15) is 35.2 Å². The predicted octanol–water partition coefficient (Wildman–Crippen LogP) is 4.19. The molecular weight excluding hydrogens is 258 g/mol. The lowest BCUT2D eigenvalue weighted by molar-refractivity contribution is -0.117. The smallest absolute Gasteiger partial charge is 0.244 e. The highest BCUT2D eigenvalue weighted by Gasteiger charge is 2.09. The van der Waals surface area contributed by atoms with E-state index in [0.717, 1.165) is 11.1 Å². The molecule has 1 atom stereocenters. The van der Waals surface area contributed by atoms with Crippen molar-refractivity contribution in [3.05, 3.63) is 76.9 Å².